The third-order valence-electron chi connectivity index (χ3n) is 5.20. The van der Waals surface area contributed by atoms with Crippen molar-refractivity contribution in [2.45, 2.75) is 44.5 Å². The van der Waals surface area contributed by atoms with E-state index >= 15 is 0 Å². The maximum Gasteiger partial charge on any atom is 0.423 e. The van der Waals surface area contributed by atoms with Crippen molar-refractivity contribution < 1.29 is 49.4 Å². The first kappa shape index (κ1) is 29.1. The molecule has 2 amide bonds. The fourth-order valence-corrected chi connectivity index (χ4v) is 3.19. The van der Waals surface area contributed by atoms with Gasteiger partial charge in [0.2, 0.25) is 5.60 Å². The number of carbonyl (C=O) groups excluding carboxylic acids is 1. The van der Waals surface area contributed by atoms with Gasteiger partial charge < -0.3 is 21.1 Å². The Bertz CT molecular complexity index is 1050. The van der Waals surface area contributed by atoms with Crippen LogP contribution < -0.4 is 16.0 Å². The molecule has 5 nitrogen and oxygen atoms in total. The number of hydrogen-bond donors (Lipinski definition) is 4. The lowest BCUT2D eigenvalue weighted by atomic mass is 9.89. The van der Waals surface area contributed by atoms with Crippen molar-refractivity contribution in [1.82, 2.24) is 10.6 Å². The van der Waals surface area contributed by atoms with E-state index in [4.69, 9.17) is 0 Å². The van der Waals surface area contributed by atoms with Gasteiger partial charge >= 0.3 is 24.6 Å². The second-order valence-corrected chi connectivity index (χ2v) is 7.86. The molecule has 36 heavy (non-hydrogen) atoms. The lowest BCUT2D eigenvalue weighted by Crippen LogP contribution is -2.48. The molecule has 0 aliphatic heterocycles. The van der Waals surface area contributed by atoms with Crippen molar-refractivity contribution in [1.29, 1.82) is 0 Å². The Kier molecular flexibility index (Phi) is 8.44. The quantitative estimate of drug-likeness (QED) is 0.346. The molecule has 0 heterocycles. The third kappa shape index (κ3) is 6.95. The Labute approximate surface area is 199 Å². The van der Waals surface area contributed by atoms with Crippen molar-refractivity contribution in [3.05, 3.63) is 64.2 Å². The average molecular weight is 531 g/mol. The number of aliphatic hydroxyl groups is 1. The molecule has 0 spiro atoms. The molecule has 2 aromatic rings. The van der Waals surface area contributed by atoms with Crippen molar-refractivity contribution in [2.75, 3.05) is 18.4 Å². The summed E-state index contributed by atoms with van der Waals surface area (Å²) in [6, 6.07) is 2.98. The minimum Gasteiger partial charge on any atom is -0.381 e. The number of urea groups is 1. The highest BCUT2D eigenvalue weighted by molar-refractivity contribution is 5.73. The monoisotopic (exact) mass is 531 g/mol. The standard InChI is InChI=1S/C22H22F9N3O2/c1-3-32-18(35)33-10-13-4-5-17(6-12(13)2)34-11-19(36,22(29,30)31)14-7-15(20(23,24)25)9-16(8-14)21(26,27)28/h4-9,34,36H,3,10-11H2,1-2H3,(H2,32,33,35)/t19-/m1/s1. The van der Waals surface area contributed by atoms with E-state index in [-0.39, 0.29) is 30.4 Å². The van der Waals surface area contributed by atoms with E-state index < -0.39 is 53.4 Å². The molecule has 0 aromatic heterocycles. The number of aryl methyl sites for hydroxylation is 1. The van der Waals surface area contributed by atoms with E-state index in [0.717, 1.165) is 0 Å². The first-order valence-corrected chi connectivity index (χ1v) is 10.3. The van der Waals surface area contributed by atoms with Crippen LogP contribution in [0.2, 0.25) is 0 Å². The first-order chi connectivity index (χ1) is 16.4. The Morgan fingerprint density at radius 3 is 1.81 bits per heavy atom. The van der Waals surface area contributed by atoms with Crippen molar-refractivity contribution in [2.24, 2.45) is 0 Å². The summed E-state index contributed by atoms with van der Waals surface area (Å²) in [6.07, 6.45) is -16.4. The molecule has 0 saturated carbocycles. The van der Waals surface area contributed by atoms with Gasteiger partial charge in [0.1, 0.15) is 0 Å². The van der Waals surface area contributed by atoms with Crippen LogP contribution in [0.15, 0.2) is 36.4 Å². The van der Waals surface area contributed by atoms with Crippen LogP contribution in [0.5, 0.6) is 0 Å². The number of alkyl halides is 9. The van der Waals surface area contributed by atoms with E-state index in [0.29, 0.717) is 17.7 Å². The third-order valence-corrected chi connectivity index (χ3v) is 5.20. The molecule has 0 fully saturated rings. The minimum atomic E-state index is -5.64. The van der Waals surface area contributed by atoms with Crippen LogP contribution in [0.3, 0.4) is 0 Å². The molecule has 0 aliphatic carbocycles. The van der Waals surface area contributed by atoms with Crippen molar-refractivity contribution in [3.8, 4) is 0 Å². The van der Waals surface area contributed by atoms with Gasteiger partial charge in [-0.15, -0.1) is 0 Å². The zero-order valence-electron chi connectivity index (χ0n) is 18.8. The fourth-order valence-electron chi connectivity index (χ4n) is 3.19. The molecule has 2 aromatic carbocycles. The predicted octanol–water partition coefficient (Wildman–Crippen LogP) is 5.71. The summed E-state index contributed by atoms with van der Waals surface area (Å²) in [7, 11) is 0. The van der Waals surface area contributed by atoms with E-state index in [9.17, 15) is 49.4 Å². The van der Waals surface area contributed by atoms with Crippen LogP contribution >= 0.6 is 0 Å². The number of benzene rings is 2. The van der Waals surface area contributed by atoms with E-state index in [2.05, 4.69) is 16.0 Å². The Morgan fingerprint density at radius 1 is 0.833 bits per heavy atom. The van der Waals surface area contributed by atoms with Gasteiger partial charge in [0.25, 0.3) is 0 Å². The molecule has 2 rings (SSSR count). The normalized spacial score (nSPS) is 14.2. The molecule has 4 N–H and O–H groups in total. The van der Waals surface area contributed by atoms with Gasteiger partial charge in [0.15, 0.2) is 0 Å². The van der Waals surface area contributed by atoms with Crippen LogP contribution in [-0.4, -0.2) is 30.4 Å². The molecule has 1 atom stereocenters. The van der Waals surface area contributed by atoms with Gasteiger partial charge in [-0.05, 0) is 60.9 Å². The molecular weight excluding hydrogens is 509 g/mol. The summed E-state index contributed by atoms with van der Waals surface area (Å²) in [5.74, 6) is 0. The molecule has 0 saturated heterocycles. The number of halogens is 9. The van der Waals surface area contributed by atoms with Gasteiger partial charge in [0, 0.05) is 18.8 Å². The molecule has 14 heteroatoms. The van der Waals surface area contributed by atoms with E-state index in [1.165, 1.54) is 18.2 Å². The summed E-state index contributed by atoms with van der Waals surface area (Å²) in [6.45, 7) is 2.25. The number of rotatable bonds is 7. The SMILES string of the molecule is CCNC(=O)NCc1ccc(NC[C@@](O)(c2cc(C(F)(F)F)cc(C(F)(F)F)c2)C(F)(F)F)cc1C. The fraction of sp³-hybridized carbons (Fsp3) is 0.409. The minimum absolute atomic E-state index is 0.0000412. The lowest BCUT2D eigenvalue weighted by Gasteiger charge is -2.32. The van der Waals surface area contributed by atoms with Crippen LogP contribution in [-0.2, 0) is 24.5 Å². The van der Waals surface area contributed by atoms with Crippen molar-refractivity contribution in [3.63, 3.8) is 0 Å². The van der Waals surface area contributed by atoms with Crippen LogP contribution in [0.1, 0.15) is 34.7 Å². The zero-order chi connectivity index (χ0) is 27.5. The number of nitrogens with one attached hydrogen (secondary N) is 3. The Morgan fingerprint density at radius 2 is 1.36 bits per heavy atom. The number of anilines is 1. The maximum absolute atomic E-state index is 13.8. The highest BCUT2D eigenvalue weighted by Crippen LogP contribution is 2.44. The Hall–Kier alpha value is -3.16. The second kappa shape index (κ2) is 10.4. The van der Waals surface area contributed by atoms with Gasteiger partial charge in [-0.3, -0.25) is 0 Å². The first-order valence-electron chi connectivity index (χ1n) is 10.3. The topological polar surface area (TPSA) is 73.4 Å². The van der Waals surface area contributed by atoms with Gasteiger partial charge in [-0.1, -0.05) is 6.07 Å². The summed E-state index contributed by atoms with van der Waals surface area (Å²) < 4.78 is 120. The van der Waals surface area contributed by atoms with E-state index in [1.807, 2.05) is 0 Å². The zero-order valence-corrected chi connectivity index (χ0v) is 18.8. The number of amides is 2. The molecule has 200 valence electrons. The van der Waals surface area contributed by atoms with Crippen LogP contribution in [0.25, 0.3) is 0 Å². The van der Waals surface area contributed by atoms with Gasteiger partial charge in [-0.2, -0.15) is 39.5 Å². The molecule has 0 radical (unpaired) electrons. The molecule has 0 aliphatic rings. The largest absolute Gasteiger partial charge is 0.423 e. The molecule has 0 bridgehead atoms. The smallest absolute Gasteiger partial charge is 0.381 e. The average Bonchev–Trinajstić information content (AvgIpc) is 2.74. The van der Waals surface area contributed by atoms with Crippen LogP contribution in [0.4, 0.5) is 50.0 Å². The molecular formula is C22H22F9N3O2. The lowest BCUT2D eigenvalue weighted by molar-refractivity contribution is -0.261. The van der Waals surface area contributed by atoms with Gasteiger partial charge in [-0.25, -0.2) is 4.79 Å². The van der Waals surface area contributed by atoms with Gasteiger partial charge in [0.05, 0.1) is 17.7 Å². The predicted molar refractivity (Wildman–Crippen MR) is 112 cm³/mol. The summed E-state index contributed by atoms with van der Waals surface area (Å²) in [4.78, 5) is 11.5. The highest BCUT2D eigenvalue weighted by atomic mass is 19.4. The maximum atomic E-state index is 13.8. The number of hydrogen-bond acceptors (Lipinski definition) is 3. The van der Waals surface area contributed by atoms with Crippen LogP contribution in [0, 0.1) is 6.92 Å². The highest BCUT2D eigenvalue weighted by Gasteiger charge is 2.56. The second-order valence-electron chi connectivity index (χ2n) is 7.86. The Balaban J connectivity index is 2.39. The summed E-state index contributed by atoms with van der Waals surface area (Å²) in [5, 5.41) is 17.7. The summed E-state index contributed by atoms with van der Waals surface area (Å²) in [5.41, 5.74) is -8.61. The molecule has 0 unspecified atom stereocenters. The van der Waals surface area contributed by atoms with E-state index in [1.54, 1.807) is 13.8 Å². The number of carbonyl (C=O) groups is 1. The van der Waals surface area contributed by atoms with Crippen molar-refractivity contribution >= 4 is 11.7 Å². The summed E-state index contributed by atoms with van der Waals surface area (Å²) >= 11 is 0.